The van der Waals surface area contributed by atoms with Gasteiger partial charge in [0.05, 0.1) is 5.38 Å². The van der Waals surface area contributed by atoms with E-state index in [1.54, 1.807) is 0 Å². The van der Waals surface area contributed by atoms with Crippen molar-refractivity contribution in [2.45, 2.75) is 32.6 Å². The van der Waals surface area contributed by atoms with E-state index in [2.05, 4.69) is 0 Å². The smallest absolute Gasteiger partial charge is 0.181 e. The molecule has 3 heteroatoms. The van der Waals surface area contributed by atoms with Gasteiger partial charge in [0.1, 0.15) is 0 Å². The second-order valence-corrected chi connectivity index (χ2v) is 4.99. The van der Waals surface area contributed by atoms with E-state index in [4.69, 9.17) is 23.2 Å². The SMILES string of the molecule is Cc1cc(C)c(C(=O)C(Cl)CCCl)c(C)c1. The van der Waals surface area contributed by atoms with Crippen molar-refractivity contribution in [1.82, 2.24) is 0 Å². The molecule has 0 N–H and O–H groups in total. The Kier molecular flexibility index (Phi) is 4.82. The van der Waals surface area contributed by atoms with Crippen LogP contribution in [0, 0.1) is 20.8 Å². The molecule has 0 spiro atoms. The molecule has 0 bridgehead atoms. The van der Waals surface area contributed by atoms with Crippen LogP contribution >= 0.6 is 23.2 Å². The van der Waals surface area contributed by atoms with E-state index < -0.39 is 5.38 Å². The average Bonchev–Trinajstić information content (AvgIpc) is 2.16. The van der Waals surface area contributed by atoms with E-state index in [1.165, 1.54) is 0 Å². The summed E-state index contributed by atoms with van der Waals surface area (Å²) >= 11 is 11.6. The van der Waals surface area contributed by atoms with Crippen LogP contribution in [0.25, 0.3) is 0 Å². The van der Waals surface area contributed by atoms with E-state index in [1.807, 2.05) is 32.9 Å². The third-order valence-corrected chi connectivity index (χ3v) is 3.21. The number of aryl methyl sites for hydroxylation is 3. The van der Waals surface area contributed by atoms with Crippen molar-refractivity contribution in [3.8, 4) is 0 Å². The Labute approximate surface area is 107 Å². The maximum absolute atomic E-state index is 12.1. The summed E-state index contributed by atoms with van der Waals surface area (Å²) in [5.74, 6) is 0.390. The van der Waals surface area contributed by atoms with E-state index in [0.717, 1.165) is 22.3 Å². The van der Waals surface area contributed by atoms with Crippen LogP contribution in [0.5, 0.6) is 0 Å². The predicted octanol–water partition coefficient (Wildman–Crippen LogP) is 4.03. The third kappa shape index (κ3) is 2.99. The van der Waals surface area contributed by atoms with Crippen molar-refractivity contribution in [2.24, 2.45) is 0 Å². The van der Waals surface area contributed by atoms with Crippen LogP contribution in [0.1, 0.15) is 33.5 Å². The van der Waals surface area contributed by atoms with Crippen LogP contribution in [0.15, 0.2) is 12.1 Å². The normalized spacial score (nSPS) is 12.6. The summed E-state index contributed by atoms with van der Waals surface area (Å²) in [5, 5.41) is -0.516. The number of hydrogen-bond acceptors (Lipinski definition) is 1. The molecule has 1 rings (SSSR count). The average molecular weight is 259 g/mol. The van der Waals surface area contributed by atoms with Gasteiger partial charge in [-0.25, -0.2) is 0 Å². The van der Waals surface area contributed by atoms with E-state index in [0.29, 0.717) is 12.3 Å². The predicted molar refractivity (Wildman–Crippen MR) is 70.0 cm³/mol. The van der Waals surface area contributed by atoms with Crippen molar-refractivity contribution in [3.63, 3.8) is 0 Å². The summed E-state index contributed by atoms with van der Waals surface area (Å²) in [6.07, 6.45) is 0.509. The standard InChI is InChI=1S/C13H16Cl2O/c1-8-6-9(2)12(10(3)7-8)13(16)11(15)4-5-14/h6-7,11H,4-5H2,1-3H3. The first-order valence-electron chi connectivity index (χ1n) is 5.29. The molecule has 88 valence electrons. The highest BCUT2D eigenvalue weighted by Crippen LogP contribution is 2.21. The number of alkyl halides is 2. The summed E-state index contributed by atoms with van der Waals surface area (Å²) in [5.41, 5.74) is 3.89. The van der Waals surface area contributed by atoms with Gasteiger partial charge in [-0.3, -0.25) is 4.79 Å². The zero-order valence-corrected chi connectivity index (χ0v) is 11.3. The molecule has 1 aromatic carbocycles. The molecule has 1 atom stereocenters. The third-order valence-electron chi connectivity index (χ3n) is 2.57. The molecule has 0 fully saturated rings. The minimum atomic E-state index is -0.516. The molecule has 0 amide bonds. The molecule has 0 saturated carbocycles. The van der Waals surface area contributed by atoms with Gasteiger partial charge in [0, 0.05) is 11.4 Å². The van der Waals surface area contributed by atoms with Crippen molar-refractivity contribution in [2.75, 3.05) is 5.88 Å². The summed E-state index contributed by atoms with van der Waals surface area (Å²) in [7, 11) is 0. The monoisotopic (exact) mass is 258 g/mol. The topological polar surface area (TPSA) is 17.1 Å². The number of carbonyl (C=O) groups is 1. The molecular formula is C13H16Cl2O. The van der Waals surface area contributed by atoms with Crippen LogP contribution in [0.3, 0.4) is 0 Å². The molecule has 1 nitrogen and oxygen atoms in total. The summed E-state index contributed by atoms with van der Waals surface area (Å²) in [6.45, 7) is 5.90. The quantitative estimate of drug-likeness (QED) is 0.589. The lowest BCUT2D eigenvalue weighted by Gasteiger charge is -2.13. The fraction of sp³-hybridized carbons (Fsp3) is 0.462. The summed E-state index contributed by atoms with van der Waals surface area (Å²) in [6, 6.07) is 4.01. The van der Waals surface area contributed by atoms with Crippen molar-refractivity contribution >= 4 is 29.0 Å². The molecule has 16 heavy (non-hydrogen) atoms. The Morgan fingerprint density at radius 1 is 1.25 bits per heavy atom. The van der Waals surface area contributed by atoms with Gasteiger partial charge in [-0.05, 0) is 38.3 Å². The highest BCUT2D eigenvalue weighted by Gasteiger charge is 2.20. The lowest BCUT2D eigenvalue weighted by molar-refractivity contribution is 0.0984. The molecule has 1 unspecified atom stereocenters. The molecule has 0 aliphatic rings. The Hall–Kier alpha value is -0.530. The van der Waals surface area contributed by atoms with Gasteiger partial charge in [0.25, 0.3) is 0 Å². The number of ketones is 1. The summed E-state index contributed by atoms with van der Waals surface area (Å²) < 4.78 is 0. The Morgan fingerprint density at radius 3 is 2.19 bits per heavy atom. The minimum absolute atomic E-state index is 0.0164. The fourth-order valence-corrected chi connectivity index (χ4v) is 2.50. The molecule has 0 aliphatic heterocycles. The molecule has 1 aromatic rings. The molecule has 0 radical (unpaired) electrons. The number of benzene rings is 1. The van der Waals surface area contributed by atoms with Crippen molar-refractivity contribution in [3.05, 3.63) is 34.4 Å². The number of Topliss-reactive ketones (excluding diaryl/α,β-unsaturated/α-hetero) is 1. The lowest BCUT2D eigenvalue weighted by atomic mass is 9.94. The minimum Gasteiger partial charge on any atom is -0.292 e. The fourth-order valence-electron chi connectivity index (χ4n) is 1.95. The van der Waals surface area contributed by atoms with E-state index in [9.17, 15) is 4.79 Å². The zero-order chi connectivity index (χ0) is 12.3. The van der Waals surface area contributed by atoms with Gasteiger partial charge in [-0.1, -0.05) is 17.7 Å². The summed E-state index contributed by atoms with van der Waals surface area (Å²) in [4.78, 5) is 12.1. The van der Waals surface area contributed by atoms with Gasteiger partial charge < -0.3 is 0 Å². The van der Waals surface area contributed by atoms with Gasteiger partial charge in [0.2, 0.25) is 0 Å². The van der Waals surface area contributed by atoms with Crippen LogP contribution in [0.2, 0.25) is 0 Å². The van der Waals surface area contributed by atoms with E-state index >= 15 is 0 Å². The largest absolute Gasteiger partial charge is 0.292 e. The maximum Gasteiger partial charge on any atom is 0.181 e. The van der Waals surface area contributed by atoms with Crippen LogP contribution < -0.4 is 0 Å². The second-order valence-electron chi connectivity index (χ2n) is 4.08. The highest BCUT2D eigenvalue weighted by molar-refractivity contribution is 6.34. The maximum atomic E-state index is 12.1. The molecule has 0 saturated heterocycles. The first-order valence-corrected chi connectivity index (χ1v) is 6.26. The van der Waals surface area contributed by atoms with Crippen LogP contribution in [0.4, 0.5) is 0 Å². The van der Waals surface area contributed by atoms with Gasteiger partial charge in [0.15, 0.2) is 5.78 Å². The molecule has 0 aliphatic carbocycles. The number of hydrogen-bond donors (Lipinski definition) is 0. The van der Waals surface area contributed by atoms with Gasteiger partial charge >= 0.3 is 0 Å². The zero-order valence-electron chi connectivity index (χ0n) is 9.81. The number of carbonyl (C=O) groups excluding carboxylic acids is 1. The Bertz CT molecular complexity index is 376. The Balaban J connectivity index is 3.08. The first-order chi connectivity index (χ1) is 7.47. The lowest BCUT2D eigenvalue weighted by Crippen LogP contribution is -2.18. The van der Waals surface area contributed by atoms with Crippen LogP contribution in [-0.2, 0) is 0 Å². The molecular weight excluding hydrogens is 243 g/mol. The Morgan fingerprint density at radius 2 is 1.75 bits per heavy atom. The first kappa shape index (κ1) is 13.5. The number of halogens is 2. The van der Waals surface area contributed by atoms with Gasteiger partial charge in [-0.15, -0.1) is 23.2 Å². The van der Waals surface area contributed by atoms with Crippen LogP contribution in [-0.4, -0.2) is 17.0 Å². The van der Waals surface area contributed by atoms with Crippen molar-refractivity contribution in [1.29, 1.82) is 0 Å². The molecule has 0 heterocycles. The molecule has 0 aromatic heterocycles. The van der Waals surface area contributed by atoms with E-state index in [-0.39, 0.29) is 5.78 Å². The number of rotatable bonds is 4. The van der Waals surface area contributed by atoms with Gasteiger partial charge in [-0.2, -0.15) is 0 Å². The second kappa shape index (κ2) is 5.70. The van der Waals surface area contributed by atoms with Crippen molar-refractivity contribution < 1.29 is 4.79 Å². The highest BCUT2D eigenvalue weighted by atomic mass is 35.5.